The topological polar surface area (TPSA) is 40.5 Å². The van der Waals surface area contributed by atoms with E-state index in [4.69, 9.17) is 5.11 Å². The van der Waals surface area contributed by atoms with Gasteiger partial charge in [0.25, 0.3) is 0 Å². The van der Waals surface area contributed by atoms with Gasteiger partial charge < -0.3 is 10.0 Å². The Kier molecular flexibility index (Phi) is 4.38. The highest BCUT2D eigenvalue weighted by atomic mass is 127. The van der Waals surface area contributed by atoms with E-state index < -0.39 is 5.97 Å². The van der Waals surface area contributed by atoms with E-state index in [2.05, 4.69) is 41.3 Å². The van der Waals surface area contributed by atoms with E-state index in [1.165, 1.54) is 0 Å². The largest absolute Gasteiger partial charge is 0.478 e. The summed E-state index contributed by atoms with van der Waals surface area (Å²) in [6, 6.07) is 5.21. The first kappa shape index (κ1) is 12.3. The lowest BCUT2D eigenvalue weighted by Crippen LogP contribution is -2.23. The molecule has 3 nitrogen and oxygen atoms in total. The maximum absolute atomic E-state index is 10.8. The first-order valence-electron chi connectivity index (χ1n) is 4.88. The summed E-state index contributed by atoms with van der Waals surface area (Å²) >= 11 is 2.23. The minimum atomic E-state index is -0.875. The van der Waals surface area contributed by atoms with Crippen LogP contribution < -0.4 is 4.90 Å². The van der Waals surface area contributed by atoms with Crippen molar-refractivity contribution in [3.8, 4) is 0 Å². The highest BCUT2D eigenvalue weighted by Gasteiger charge is 2.10. The molecular weight excluding hydrogens is 305 g/mol. The molecule has 0 saturated heterocycles. The van der Waals surface area contributed by atoms with Gasteiger partial charge in [-0.05, 0) is 54.6 Å². The SMILES string of the molecule is CCN(CC)c1cc(C(=O)O)ccc1I. The van der Waals surface area contributed by atoms with Crippen molar-refractivity contribution >= 4 is 34.2 Å². The minimum absolute atomic E-state index is 0.345. The number of rotatable bonds is 4. The maximum Gasteiger partial charge on any atom is 0.335 e. The van der Waals surface area contributed by atoms with Crippen molar-refractivity contribution in [3.63, 3.8) is 0 Å². The average Bonchev–Trinajstić information content (AvgIpc) is 2.22. The molecule has 1 N–H and O–H groups in total. The van der Waals surface area contributed by atoms with Gasteiger partial charge in [0, 0.05) is 16.7 Å². The molecule has 1 rings (SSSR count). The molecule has 0 saturated carbocycles. The van der Waals surface area contributed by atoms with Crippen LogP contribution in [0.25, 0.3) is 0 Å². The molecule has 1 aromatic carbocycles. The van der Waals surface area contributed by atoms with Crippen LogP contribution in [0.2, 0.25) is 0 Å². The number of carboxylic acid groups (broad SMARTS) is 1. The number of nitrogens with zero attached hydrogens (tertiary/aromatic N) is 1. The third-order valence-electron chi connectivity index (χ3n) is 2.30. The lowest BCUT2D eigenvalue weighted by Gasteiger charge is -2.22. The predicted octanol–water partition coefficient (Wildman–Crippen LogP) is 2.84. The fourth-order valence-electron chi connectivity index (χ4n) is 1.45. The Morgan fingerprint density at radius 1 is 1.40 bits per heavy atom. The summed E-state index contributed by atoms with van der Waals surface area (Å²) in [6.45, 7) is 5.89. The highest BCUT2D eigenvalue weighted by Crippen LogP contribution is 2.23. The van der Waals surface area contributed by atoms with Crippen molar-refractivity contribution in [1.82, 2.24) is 0 Å². The van der Waals surface area contributed by atoms with Gasteiger partial charge in [0.15, 0.2) is 0 Å². The van der Waals surface area contributed by atoms with Gasteiger partial charge in [0.05, 0.1) is 11.3 Å². The van der Waals surface area contributed by atoms with Crippen LogP contribution in [0.4, 0.5) is 5.69 Å². The molecule has 0 bridgehead atoms. The van der Waals surface area contributed by atoms with E-state index >= 15 is 0 Å². The molecule has 0 heterocycles. The second-order valence-electron chi connectivity index (χ2n) is 3.14. The fourth-order valence-corrected chi connectivity index (χ4v) is 2.13. The third-order valence-corrected chi connectivity index (χ3v) is 3.21. The van der Waals surface area contributed by atoms with Crippen molar-refractivity contribution < 1.29 is 9.90 Å². The zero-order valence-corrected chi connectivity index (χ0v) is 11.0. The lowest BCUT2D eigenvalue weighted by atomic mass is 10.2. The second kappa shape index (κ2) is 5.34. The number of benzene rings is 1. The number of anilines is 1. The molecule has 0 aromatic heterocycles. The second-order valence-corrected chi connectivity index (χ2v) is 4.31. The van der Waals surface area contributed by atoms with Crippen LogP contribution in [0.15, 0.2) is 18.2 Å². The van der Waals surface area contributed by atoms with Crippen molar-refractivity contribution in [2.45, 2.75) is 13.8 Å². The van der Waals surface area contributed by atoms with E-state index in [1.54, 1.807) is 12.1 Å². The first-order chi connectivity index (χ1) is 7.10. The molecule has 0 aliphatic carbocycles. The number of aromatic carboxylic acids is 1. The number of halogens is 1. The van der Waals surface area contributed by atoms with Gasteiger partial charge in [-0.25, -0.2) is 4.79 Å². The van der Waals surface area contributed by atoms with E-state index in [-0.39, 0.29) is 0 Å². The Morgan fingerprint density at radius 2 is 2.00 bits per heavy atom. The zero-order valence-electron chi connectivity index (χ0n) is 8.83. The Hall–Kier alpha value is -0.780. The normalized spacial score (nSPS) is 10.1. The molecule has 0 radical (unpaired) electrons. The third kappa shape index (κ3) is 2.84. The monoisotopic (exact) mass is 319 g/mol. The van der Waals surface area contributed by atoms with E-state index in [0.29, 0.717) is 5.56 Å². The van der Waals surface area contributed by atoms with Gasteiger partial charge in [0.1, 0.15) is 0 Å². The molecule has 0 unspecified atom stereocenters. The summed E-state index contributed by atoms with van der Waals surface area (Å²) in [5.41, 5.74) is 1.35. The maximum atomic E-state index is 10.8. The van der Waals surface area contributed by atoms with E-state index in [0.717, 1.165) is 22.3 Å². The Morgan fingerprint density at radius 3 is 2.47 bits per heavy atom. The van der Waals surface area contributed by atoms with Gasteiger partial charge in [0.2, 0.25) is 0 Å². The van der Waals surface area contributed by atoms with Crippen LogP contribution in [0.3, 0.4) is 0 Å². The van der Waals surface area contributed by atoms with Gasteiger partial charge in [-0.15, -0.1) is 0 Å². The molecule has 0 aliphatic rings. The summed E-state index contributed by atoms with van der Waals surface area (Å²) in [5.74, 6) is -0.875. The molecule has 0 amide bonds. The molecule has 0 atom stereocenters. The van der Waals surface area contributed by atoms with Crippen molar-refractivity contribution in [2.75, 3.05) is 18.0 Å². The molecule has 0 spiro atoms. The highest BCUT2D eigenvalue weighted by molar-refractivity contribution is 14.1. The number of hydrogen-bond acceptors (Lipinski definition) is 2. The predicted molar refractivity (Wildman–Crippen MR) is 69.7 cm³/mol. The molecule has 1 aromatic rings. The Balaban J connectivity index is 3.15. The van der Waals surface area contributed by atoms with E-state index in [1.807, 2.05) is 6.07 Å². The fraction of sp³-hybridized carbons (Fsp3) is 0.364. The summed E-state index contributed by atoms with van der Waals surface area (Å²) in [6.07, 6.45) is 0. The quantitative estimate of drug-likeness (QED) is 0.868. The molecule has 4 heteroatoms. The van der Waals surface area contributed by atoms with Gasteiger partial charge >= 0.3 is 5.97 Å². The molecule has 0 fully saturated rings. The number of carbonyl (C=O) groups is 1. The van der Waals surface area contributed by atoms with Gasteiger partial charge in [-0.3, -0.25) is 0 Å². The van der Waals surface area contributed by atoms with Gasteiger partial charge in [-0.1, -0.05) is 0 Å². The van der Waals surface area contributed by atoms with Crippen LogP contribution in [0.5, 0.6) is 0 Å². The van der Waals surface area contributed by atoms with Crippen molar-refractivity contribution in [1.29, 1.82) is 0 Å². The summed E-state index contributed by atoms with van der Waals surface area (Å²) < 4.78 is 1.08. The summed E-state index contributed by atoms with van der Waals surface area (Å²) in [4.78, 5) is 13.0. The van der Waals surface area contributed by atoms with Crippen LogP contribution in [-0.2, 0) is 0 Å². The van der Waals surface area contributed by atoms with Gasteiger partial charge in [-0.2, -0.15) is 0 Å². The lowest BCUT2D eigenvalue weighted by molar-refractivity contribution is 0.0697. The smallest absolute Gasteiger partial charge is 0.335 e. The number of hydrogen-bond donors (Lipinski definition) is 1. The number of carboxylic acids is 1. The Labute approximate surface area is 103 Å². The molecule has 15 heavy (non-hydrogen) atoms. The van der Waals surface area contributed by atoms with E-state index in [9.17, 15) is 4.79 Å². The summed E-state index contributed by atoms with van der Waals surface area (Å²) in [7, 11) is 0. The molecular formula is C11H14INO2. The minimum Gasteiger partial charge on any atom is -0.478 e. The average molecular weight is 319 g/mol. The standard InChI is InChI=1S/C11H14INO2/c1-3-13(4-2)10-7-8(11(14)15)5-6-9(10)12/h5-7H,3-4H2,1-2H3,(H,14,15). The molecule has 0 aliphatic heterocycles. The van der Waals surface area contributed by atoms with Crippen LogP contribution in [0.1, 0.15) is 24.2 Å². The zero-order chi connectivity index (χ0) is 11.4. The summed E-state index contributed by atoms with van der Waals surface area (Å²) in [5, 5.41) is 8.91. The van der Waals surface area contributed by atoms with Crippen LogP contribution in [-0.4, -0.2) is 24.2 Å². The van der Waals surface area contributed by atoms with Crippen molar-refractivity contribution in [2.24, 2.45) is 0 Å². The van der Waals surface area contributed by atoms with Crippen LogP contribution in [0, 0.1) is 3.57 Å². The first-order valence-corrected chi connectivity index (χ1v) is 5.95. The Bertz CT molecular complexity index is 362. The molecule has 82 valence electrons. The van der Waals surface area contributed by atoms with Crippen molar-refractivity contribution in [3.05, 3.63) is 27.3 Å². The van der Waals surface area contributed by atoms with Crippen LogP contribution >= 0.6 is 22.6 Å².